The molecule has 0 aliphatic heterocycles. The van der Waals surface area contributed by atoms with Gasteiger partial charge >= 0.3 is 5.69 Å². The normalized spacial score (nSPS) is 12.7. The highest BCUT2D eigenvalue weighted by molar-refractivity contribution is 5.74. The SMILES string of the molecule is O=c1[nH]c2ccccc2n1CC(O)c1ccc(F)cc1. The summed E-state index contributed by atoms with van der Waals surface area (Å²) in [6, 6.07) is 12.9. The number of halogens is 1. The topological polar surface area (TPSA) is 58.0 Å². The van der Waals surface area contributed by atoms with Crippen LogP contribution in [-0.2, 0) is 6.54 Å². The van der Waals surface area contributed by atoms with Crippen LogP contribution in [0.1, 0.15) is 11.7 Å². The number of aliphatic hydroxyl groups is 1. The van der Waals surface area contributed by atoms with Crippen molar-refractivity contribution in [2.75, 3.05) is 0 Å². The number of H-pyrrole nitrogens is 1. The van der Waals surface area contributed by atoms with Gasteiger partial charge in [-0.05, 0) is 29.8 Å². The Labute approximate surface area is 114 Å². The van der Waals surface area contributed by atoms with Crippen molar-refractivity contribution in [3.05, 3.63) is 70.4 Å². The van der Waals surface area contributed by atoms with E-state index in [0.717, 1.165) is 11.0 Å². The largest absolute Gasteiger partial charge is 0.387 e. The first-order valence-electron chi connectivity index (χ1n) is 6.26. The minimum atomic E-state index is -0.868. The molecule has 3 aromatic rings. The van der Waals surface area contributed by atoms with Gasteiger partial charge in [-0.2, -0.15) is 0 Å². The van der Waals surface area contributed by atoms with Crippen molar-refractivity contribution in [1.82, 2.24) is 9.55 Å². The zero-order chi connectivity index (χ0) is 14.1. The monoisotopic (exact) mass is 272 g/mol. The van der Waals surface area contributed by atoms with Crippen LogP contribution in [0.2, 0.25) is 0 Å². The van der Waals surface area contributed by atoms with E-state index in [1.807, 2.05) is 18.2 Å². The van der Waals surface area contributed by atoms with E-state index < -0.39 is 6.10 Å². The van der Waals surface area contributed by atoms with Gasteiger partial charge in [0.05, 0.1) is 23.7 Å². The van der Waals surface area contributed by atoms with Crippen LogP contribution in [-0.4, -0.2) is 14.7 Å². The van der Waals surface area contributed by atoms with Crippen molar-refractivity contribution in [3.8, 4) is 0 Å². The summed E-state index contributed by atoms with van der Waals surface area (Å²) in [6.45, 7) is 0.120. The predicted molar refractivity (Wildman–Crippen MR) is 73.9 cm³/mol. The molecule has 102 valence electrons. The summed E-state index contributed by atoms with van der Waals surface area (Å²) >= 11 is 0. The number of hydrogen-bond donors (Lipinski definition) is 2. The summed E-state index contributed by atoms with van der Waals surface area (Å²) in [5, 5.41) is 10.2. The second-order valence-corrected chi connectivity index (χ2v) is 4.63. The number of rotatable bonds is 3. The molecule has 4 nitrogen and oxygen atoms in total. The highest BCUT2D eigenvalue weighted by atomic mass is 19.1. The molecule has 0 saturated heterocycles. The number of para-hydroxylation sites is 2. The van der Waals surface area contributed by atoms with Crippen LogP contribution in [0.15, 0.2) is 53.3 Å². The summed E-state index contributed by atoms with van der Waals surface area (Å²) in [5.74, 6) is -0.356. The Morgan fingerprint density at radius 1 is 1.15 bits per heavy atom. The molecule has 0 bridgehead atoms. The molecule has 1 unspecified atom stereocenters. The van der Waals surface area contributed by atoms with E-state index in [1.165, 1.54) is 28.8 Å². The smallest absolute Gasteiger partial charge is 0.326 e. The molecule has 20 heavy (non-hydrogen) atoms. The van der Waals surface area contributed by atoms with Gasteiger partial charge in [0.1, 0.15) is 5.82 Å². The second-order valence-electron chi connectivity index (χ2n) is 4.63. The summed E-state index contributed by atoms with van der Waals surface area (Å²) in [7, 11) is 0. The van der Waals surface area contributed by atoms with Crippen LogP contribution in [0.25, 0.3) is 11.0 Å². The molecule has 1 heterocycles. The molecular weight excluding hydrogens is 259 g/mol. The zero-order valence-electron chi connectivity index (χ0n) is 10.6. The average molecular weight is 272 g/mol. The van der Waals surface area contributed by atoms with Crippen LogP contribution in [0, 0.1) is 5.82 Å². The third-order valence-corrected chi connectivity index (χ3v) is 3.29. The molecule has 0 aliphatic rings. The molecule has 3 rings (SSSR count). The number of aromatic nitrogens is 2. The molecule has 0 saturated carbocycles. The van der Waals surface area contributed by atoms with Gasteiger partial charge in [0, 0.05) is 0 Å². The van der Waals surface area contributed by atoms with Crippen LogP contribution in [0.4, 0.5) is 4.39 Å². The standard InChI is InChI=1S/C15H13FN2O2/c16-11-7-5-10(6-8-11)14(19)9-18-13-4-2-1-3-12(13)17-15(18)20/h1-8,14,19H,9H2,(H,17,20). The third kappa shape index (κ3) is 2.23. The van der Waals surface area contributed by atoms with Crippen molar-refractivity contribution in [1.29, 1.82) is 0 Å². The molecule has 0 amide bonds. The van der Waals surface area contributed by atoms with Crippen LogP contribution in [0.3, 0.4) is 0 Å². The zero-order valence-corrected chi connectivity index (χ0v) is 10.6. The molecule has 1 atom stereocenters. The fourth-order valence-corrected chi connectivity index (χ4v) is 2.25. The van der Waals surface area contributed by atoms with Gasteiger partial charge in [0.15, 0.2) is 0 Å². The number of fused-ring (bicyclic) bond motifs is 1. The quantitative estimate of drug-likeness (QED) is 0.768. The Morgan fingerprint density at radius 2 is 1.85 bits per heavy atom. The minimum Gasteiger partial charge on any atom is -0.387 e. The van der Waals surface area contributed by atoms with Crippen molar-refractivity contribution in [3.63, 3.8) is 0 Å². The van der Waals surface area contributed by atoms with Gasteiger partial charge in [-0.1, -0.05) is 24.3 Å². The highest BCUT2D eigenvalue weighted by Crippen LogP contribution is 2.17. The molecule has 0 aliphatic carbocycles. The minimum absolute atomic E-state index is 0.120. The number of nitrogens with zero attached hydrogens (tertiary/aromatic N) is 1. The van der Waals surface area contributed by atoms with E-state index in [-0.39, 0.29) is 18.1 Å². The molecule has 0 radical (unpaired) electrons. The second kappa shape index (κ2) is 4.94. The van der Waals surface area contributed by atoms with Crippen LogP contribution >= 0.6 is 0 Å². The highest BCUT2D eigenvalue weighted by Gasteiger charge is 2.13. The lowest BCUT2D eigenvalue weighted by atomic mass is 10.1. The van der Waals surface area contributed by atoms with E-state index in [9.17, 15) is 14.3 Å². The molecule has 0 fully saturated rings. The number of imidazole rings is 1. The van der Waals surface area contributed by atoms with E-state index in [4.69, 9.17) is 0 Å². The summed E-state index contributed by atoms with van der Waals surface area (Å²) in [4.78, 5) is 14.6. The maximum atomic E-state index is 12.9. The van der Waals surface area contributed by atoms with Crippen molar-refractivity contribution in [2.24, 2.45) is 0 Å². The third-order valence-electron chi connectivity index (χ3n) is 3.29. The van der Waals surface area contributed by atoms with Gasteiger partial charge in [-0.15, -0.1) is 0 Å². The predicted octanol–water partition coefficient (Wildman–Crippen LogP) is 2.20. The van der Waals surface area contributed by atoms with Gasteiger partial charge in [-0.3, -0.25) is 4.57 Å². The Balaban J connectivity index is 1.95. The Morgan fingerprint density at radius 3 is 2.60 bits per heavy atom. The number of hydrogen-bond acceptors (Lipinski definition) is 2. The molecule has 2 N–H and O–H groups in total. The van der Waals surface area contributed by atoms with Crippen molar-refractivity contribution in [2.45, 2.75) is 12.6 Å². The Hall–Kier alpha value is -2.40. The molecule has 2 aromatic carbocycles. The van der Waals surface area contributed by atoms with Crippen LogP contribution < -0.4 is 5.69 Å². The van der Waals surface area contributed by atoms with Gasteiger partial charge in [0.2, 0.25) is 0 Å². The Bertz CT molecular complexity index is 789. The maximum absolute atomic E-state index is 12.9. The fourth-order valence-electron chi connectivity index (χ4n) is 2.25. The summed E-state index contributed by atoms with van der Waals surface area (Å²) in [5.41, 5.74) is 1.76. The molecule has 0 spiro atoms. The lowest BCUT2D eigenvalue weighted by molar-refractivity contribution is 0.156. The fraction of sp³-hybridized carbons (Fsp3) is 0.133. The van der Waals surface area contributed by atoms with E-state index >= 15 is 0 Å². The first kappa shape index (κ1) is 12.6. The lowest BCUT2D eigenvalue weighted by Crippen LogP contribution is -2.20. The lowest BCUT2D eigenvalue weighted by Gasteiger charge is -2.11. The molecule has 1 aromatic heterocycles. The van der Waals surface area contributed by atoms with E-state index in [1.54, 1.807) is 6.07 Å². The van der Waals surface area contributed by atoms with Crippen LogP contribution in [0.5, 0.6) is 0 Å². The molecule has 5 heteroatoms. The average Bonchev–Trinajstić information content (AvgIpc) is 2.76. The van der Waals surface area contributed by atoms with E-state index in [0.29, 0.717) is 5.56 Å². The van der Waals surface area contributed by atoms with Crippen molar-refractivity contribution >= 4 is 11.0 Å². The number of benzene rings is 2. The van der Waals surface area contributed by atoms with Gasteiger partial charge in [-0.25, -0.2) is 9.18 Å². The Kier molecular flexibility index (Phi) is 3.12. The van der Waals surface area contributed by atoms with E-state index in [2.05, 4.69) is 4.98 Å². The number of aliphatic hydroxyl groups excluding tert-OH is 1. The first-order chi connectivity index (χ1) is 9.65. The van der Waals surface area contributed by atoms with Crippen molar-refractivity contribution < 1.29 is 9.50 Å². The van der Waals surface area contributed by atoms with Gasteiger partial charge < -0.3 is 10.1 Å². The summed E-state index contributed by atoms with van der Waals surface area (Å²) < 4.78 is 14.3. The maximum Gasteiger partial charge on any atom is 0.326 e. The number of nitrogens with one attached hydrogen (secondary N) is 1. The number of aromatic amines is 1. The molecular formula is C15H13FN2O2. The first-order valence-corrected chi connectivity index (χ1v) is 6.26. The van der Waals surface area contributed by atoms with Gasteiger partial charge in [0.25, 0.3) is 0 Å². The summed E-state index contributed by atoms with van der Waals surface area (Å²) in [6.07, 6.45) is -0.868.